The highest BCUT2D eigenvalue weighted by Gasteiger charge is 2.41. The number of hydrogen-bond acceptors (Lipinski definition) is 2. The lowest BCUT2D eigenvalue weighted by atomic mass is 9.68. The lowest BCUT2D eigenvalue weighted by molar-refractivity contribution is -0.136. The summed E-state index contributed by atoms with van der Waals surface area (Å²) in [6.07, 6.45) is 10.6. The summed E-state index contributed by atoms with van der Waals surface area (Å²) in [5.74, 6) is 1.60. The van der Waals surface area contributed by atoms with Gasteiger partial charge in [-0.05, 0) is 37.5 Å². The van der Waals surface area contributed by atoms with Crippen molar-refractivity contribution in [2.75, 3.05) is 7.11 Å². The molecule has 86 valence electrons. The van der Waals surface area contributed by atoms with Crippen molar-refractivity contribution < 1.29 is 9.53 Å². The SMILES string of the molecule is COC(=O)C1=C2CCCC[C@H]2[C@H]2C=C[C@@H]1C2. The van der Waals surface area contributed by atoms with Gasteiger partial charge in [-0.15, -0.1) is 0 Å². The molecule has 3 aliphatic carbocycles. The van der Waals surface area contributed by atoms with Gasteiger partial charge in [0, 0.05) is 11.5 Å². The summed E-state index contributed by atoms with van der Waals surface area (Å²) in [6, 6.07) is 0. The van der Waals surface area contributed by atoms with Crippen LogP contribution in [-0.4, -0.2) is 13.1 Å². The van der Waals surface area contributed by atoms with E-state index in [0.29, 0.717) is 17.8 Å². The summed E-state index contributed by atoms with van der Waals surface area (Å²) < 4.78 is 4.96. The van der Waals surface area contributed by atoms with E-state index in [2.05, 4.69) is 12.2 Å². The summed E-state index contributed by atoms with van der Waals surface area (Å²) >= 11 is 0. The molecule has 0 heterocycles. The van der Waals surface area contributed by atoms with Gasteiger partial charge in [-0.1, -0.05) is 24.1 Å². The first-order chi connectivity index (χ1) is 7.81. The molecule has 0 aromatic rings. The second-order valence-corrected chi connectivity index (χ2v) is 5.17. The average Bonchev–Trinajstić information content (AvgIpc) is 2.74. The third-order valence-electron chi connectivity index (χ3n) is 4.41. The number of methoxy groups -OCH3 is 1. The van der Waals surface area contributed by atoms with Gasteiger partial charge in [0.15, 0.2) is 0 Å². The van der Waals surface area contributed by atoms with Crippen molar-refractivity contribution in [3.8, 4) is 0 Å². The van der Waals surface area contributed by atoms with E-state index in [0.717, 1.165) is 18.4 Å². The van der Waals surface area contributed by atoms with E-state index in [-0.39, 0.29) is 5.97 Å². The maximum Gasteiger partial charge on any atom is 0.334 e. The monoisotopic (exact) mass is 218 g/mol. The Labute approximate surface area is 96.4 Å². The first-order valence-corrected chi connectivity index (χ1v) is 6.31. The molecule has 2 nitrogen and oxygen atoms in total. The molecule has 2 bridgehead atoms. The topological polar surface area (TPSA) is 26.3 Å². The van der Waals surface area contributed by atoms with E-state index in [4.69, 9.17) is 4.74 Å². The first kappa shape index (κ1) is 10.1. The zero-order valence-electron chi connectivity index (χ0n) is 9.74. The molecule has 0 aromatic carbocycles. The van der Waals surface area contributed by atoms with E-state index in [1.807, 2.05) is 0 Å². The molecule has 0 aromatic heterocycles. The molecule has 0 amide bonds. The Balaban J connectivity index is 2.04. The lowest BCUT2D eigenvalue weighted by Crippen LogP contribution is -2.29. The number of esters is 1. The minimum Gasteiger partial charge on any atom is -0.466 e. The quantitative estimate of drug-likeness (QED) is 0.499. The van der Waals surface area contributed by atoms with Gasteiger partial charge in [-0.25, -0.2) is 4.79 Å². The van der Waals surface area contributed by atoms with Crippen LogP contribution in [0.25, 0.3) is 0 Å². The third-order valence-corrected chi connectivity index (χ3v) is 4.41. The van der Waals surface area contributed by atoms with Gasteiger partial charge in [-0.3, -0.25) is 0 Å². The fraction of sp³-hybridized carbons (Fsp3) is 0.643. The summed E-state index contributed by atoms with van der Waals surface area (Å²) in [7, 11) is 1.50. The maximum atomic E-state index is 11.9. The smallest absolute Gasteiger partial charge is 0.334 e. The Hall–Kier alpha value is -1.05. The van der Waals surface area contributed by atoms with Gasteiger partial charge < -0.3 is 4.74 Å². The Kier molecular flexibility index (Phi) is 2.38. The largest absolute Gasteiger partial charge is 0.466 e. The second kappa shape index (κ2) is 3.76. The molecule has 0 radical (unpaired) electrons. The summed E-state index contributed by atoms with van der Waals surface area (Å²) in [4.78, 5) is 11.9. The normalized spacial score (nSPS) is 36.2. The Morgan fingerprint density at radius 3 is 3.06 bits per heavy atom. The highest BCUT2D eigenvalue weighted by atomic mass is 16.5. The predicted octanol–water partition coefficient (Wildman–Crippen LogP) is 2.85. The molecular weight excluding hydrogens is 200 g/mol. The molecule has 3 rings (SSSR count). The van der Waals surface area contributed by atoms with Crippen molar-refractivity contribution in [1.29, 1.82) is 0 Å². The van der Waals surface area contributed by atoms with Crippen LogP contribution in [0.3, 0.4) is 0 Å². The van der Waals surface area contributed by atoms with E-state index < -0.39 is 0 Å². The number of carbonyl (C=O) groups is 1. The fourth-order valence-corrected chi connectivity index (χ4v) is 3.72. The predicted molar refractivity (Wildman–Crippen MR) is 61.7 cm³/mol. The molecule has 1 fully saturated rings. The van der Waals surface area contributed by atoms with Crippen molar-refractivity contribution in [2.24, 2.45) is 17.8 Å². The van der Waals surface area contributed by atoms with Gasteiger partial charge in [-0.2, -0.15) is 0 Å². The molecule has 0 aliphatic heterocycles. The van der Waals surface area contributed by atoms with Crippen LogP contribution in [0.15, 0.2) is 23.3 Å². The summed E-state index contributed by atoms with van der Waals surface area (Å²) in [5.41, 5.74) is 2.42. The fourth-order valence-electron chi connectivity index (χ4n) is 3.72. The summed E-state index contributed by atoms with van der Waals surface area (Å²) in [6.45, 7) is 0. The lowest BCUT2D eigenvalue weighted by Gasteiger charge is -2.36. The Bertz CT molecular complexity index is 378. The van der Waals surface area contributed by atoms with Gasteiger partial charge in [0.1, 0.15) is 0 Å². The highest BCUT2D eigenvalue weighted by molar-refractivity contribution is 5.91. The molecule has 3 atom stereocenters. The van der Waals surface area contributed by atoms with E-state index in [1.165, 1.54) is 31.9 Å². The van der Waals surface area contributed by atoms with Crippen LogP contribution in [0, 0.1) is 17.8 Å². The molecule has 0 saturated heterocycles. The zero-order valence-corrected chi connectivity index (χ0v) is 9.74. The Morgan fingerprint density at radius 2 is 2.25 bits per heavy atom. The molecule has 0 unspecified atom stereocenters. The number of allylic oxidation sites excluding steroid dienone is 3. The van der Waals surface area contributed by atoms with Gasteiger partial charge >= 0.3 is 5.97 Å². The second-order valence-electron chi connectivity index (χ2n) is 5.17. The van der Waals surface area contributed by atoms with Crippen molar-refractivity contribution in [3.63, 3.8) is 0 Å². The number of ether oxygens (including phenoxy) is 1. The van der Waals surface area contributed by atoms with Crippen LogP contribution in [-0.2, 0) is 9.53 Å². The summed E-state index contributed by atoms with van der Waals surface area (Å²) in [5, 5.41) is 0. The molecule has 2 heteroatoms. The standard InChI is InChI=1S/C14H18O2/c1-16-14(15)13-10-7-6-9(8-10)11-4-2-3-5-12(11)13/h6-7,9-11H,2-5,8H2,1H3/t9-,10+,11-/m0/s1. The molecule has 0 spiro atoms. The number of fused-ring (bicyclic) bond motifs is 4. The van der Waals surface area contributed by atoms with Crippen LogP contribution in [0.5, 0.6) is 0 Å². The third kappa shape index (κ3) is 1.35. The van der Waals surface area contributed by atoms with Gasteiger partial charge in [0.2, 0.25) is 0 Å². The van der Waals surface area contributed by atoms with E-state index >= 15 is 0 Å². The van der Waals surface area contributed by atoms with Crippen LogP contribution in [0.4, 0.5) is 0 Å². The molecule has 0 N–H and O–H groups in total. The molecule has 1 saturated carbocycles. The molecule has 16 heavy (non-hydrogen) atoms. The molecular formula is C14H18O2. The first-order valence-electron chi connectivity index (χ1n) is 6.31. The number of rotatable bonds is 1. The van der Waals surface area contributed by atoms with Crippen molar-refractivity contribution in [2.45, 2.75) is 32.1 Å². The van der Waals surface area contributed by atoms with Crippen LogP contribution >= 0.6 is 0 Å². The minimum atomic E-state index is -0.0862. The maximum absolute atomic E-state index is 11.9. The van der Waals surface area contributed by atoms with E-state index in [1.54, 1.807) is 0 Å². The van der Waals surface area contributed by atoms with E-state index in [9.17, 15) is 4.79 Å². The number of hydrogen-bond donors (Lipinski definition) is 0. The van der Waals surface area contributed by atoms with Crippen LogP contribution in [0.2, 0.25) is 0 Å². The highest BCUT2D eigenvalue weighted by Crippen LogP contribution is 2.49. The van der Waals surface area contributed by atoms with Crippen molar-refractivity contribution in [3.05, 3.63) is 23.3 Å². The molecule has 3 aliphatic rings. The van der Waals surface area contributed by atoms with Crippen molar-refractivity contribution in [1.82, 2.24) is 0 Å². The minimum absolute atomic E-state index is 0.0862. The number of carbonyl (C=O) groups excluding carboxylic acids is 1. The van der Waals surface area contributed by atoms with Gasteiger partial charge in [0.25, 0.3) is 0 Å². The Morgan fingerprint density at radius 1 is 1.38 bits per heavy atom. The zero-order chi connectivity index (χ0) is 11.1. The average molecular weight is 218 g/mol. The van der Waals surface area contributed by atoms with Crippen LogP contribution < -0.4 is 0 Å². The van der Waals surface area contributed by atoms with Gasteiger partial charge in [0.05, 0.1) is 7.11 Å². The van der Waals surface area contributed by atoms with Crippen LogP contribution in [0.1, 0.15) is 32.1 Å². The van der Waals surface area contributed by atoms with Crippen molar-refractivity contribution >= 4 is 5.97 Å².